The van der Waals surface area contributed by atoms with Gasteiger partial charge in [-0.15, -0.1) is 0 Å². The van der Waals surface area contributed by atoms with Crippen molar-refractivity contribution in [2.75, 3.05) is 38.1 Å². The number of rotatable bonds is 3. The molecule has 1 amide bonds. The van der Waals surface area contributed by atoms with E-state index in [2.05, 4.69) is 25.8 Å². The van der Waals surface area contributed by atoms with E-state index in [-0.39, 0.29) is 5.91 Å². The van der Waals surface area contributed by atoms with E-state index in [0.29, 0.717) is 5.69 Å². The van der Waals surface area contributed by atoms with E-state index in [1.165, 1.54) is 0 Å². The molecule has 1 aromatic heterocycles. The van der Waals surface area contributed by atoms with Crippen molar-refractivity contribution in [3.05, 3.63) is 29.6 Å². The van der Waals surface area contributed by atoms with Gasteiger partial charge < -0.3 is 9.80 Å². The summed E-state index contributed by atoms with van der Waals surface area (Å²) in [5.74, 6) is 0.0596. The fraction of sp³-hybridized carbons (Fsp3) is 0.571. The summed E-state index contributed by atoms with van der Waals surface area (Å²) >= 11 is 3.47. The summed E-state index contributed by atoms with van der Waals surface area (Å²) in [6.45, 7) is 6.59. The fourth-order valence-electron chi connectivity index (χ4n) is 2.34. The molecule has 1 fully saturated rings. The number of aryl methyl sites for hydroxylation is 1. The molecule has 104 valence electrons. The quantitative estimate of drug-likeness (QED) is 0.797. The molecule has 2 heterocycles. The Bertz CT molecular complexity index is 438. The molecule has 0 atom stereocenters. The highest BCUT2D eigenvalue weighted by molar-refractivity contribution is 9.09. The Hall–Kier alpha value is -0.940. The number of carbonyl (C=O) groups is 1. The van der Waals surface area contributed by atoms with Gasteiger partial charge in [-0.1, -0.05) is 22.0 Å². The predicted molar refractivity (Wildman–Crippen MR) is 79.7 cm³/mol. The van der Waals surface area contributed by atoms with Gasteiger partial charge >= 0.3 is 0 Å². The smallest absolute Gasteiger partial charge is 0.272 e. The average Bonchev–Trinajstić information content (AvgIpc) is 2.64. The number of nitrogens with zero attached hydrogens (tertiary/aromatic N) is 3. The topological polar surface area (TPSA) is 36.4 Å². The van der Waals surface area contributed by atoms with Crippen molar-refractivity contribution in [2.24, 2.45) is 0 Å². The van der Waals surface area contributed by atoms with E-state index in [4.69, 9.17) is 0 Å². The number of alkyl halides is 1. The van der Waals surface area contributed by atoms with Crippen molar-refractivity contribution in [1.82, 2.24) is 14.8 Å². The van der Waals surface area contributed by atoms with Crippen LogP contribution in [0.5, 0.6) is 0 Å². The SMILES string of the molecule is Cc1cccc(C(=O)N2CCCN(CCBr)CC2)n1. The van der Waals surface area contributed by atoms with Crippen LogP contribution in [0.25, 0.3) is 0 Å². The van der Waals surface area contributed by atoms with Crippen LogP contribution in [0, 0.1) is 6.92 Å². The zero-order chi connectivity index (χ0) is 13.7. The molecule has 1 aromatic rings. The normalized spacial score (nSPS) is 17.3. The highest BCUT2D eigenvalue weighted by Gasteiger charge is 2.20. The first kappa shape index (κ1) is 14.5. The van der Waals surface area contributed by atoms with Crippen LogP contribution in [-0.2, 0) is 0 Å². The van der Waals surface area contributed by atoms with Crippen molar-refractivity contribution in [3.63, 3.8) is 0 Å². The maximum atomic E-state index is 12.4. The maximum absolute atomic E-state index is 12.4. The van der Waals surface area contributed by atoms with Gasteiger partial charge in [0.1, 0.15) is 5.69 Å². The van der Waals surface area contributed by atoms with Gasteiger partial charge in [-0.05, 0) is 32.0 Å². The Kier molecular flexibility index (Phi) is 5.34. The van der Waals surface area contributed by atoms with Gasteiger partial charge in [0.05, 0.1) is 0 Å². The minimum Gasteiger partial charge on any atom is -0.336 e. The first-order valence-electron chi connectivity index (χ1n) is 6.72. The molecular formula is C14H20BrN3O. The molecule has 0 unspecified atom stereocenters. The van der Waals surface area contributed by atoms with Crippen LogP contribution < -0.4 is 0 Å². The molecule has 2 rings (SSSR count). The number of pyridine rings is 1. The largest absolute Gasteiger partial charge is 0.336 e. The van der Waals surface area contributed by atoms with E-state index < -0.39 is 0 Å². The molecule has 0 aliphatic carbocycles. The van der Waals surface area contributed by atoms with E-state index in [1.54, 1.807) is 6.07 Å². The minimum atomic E-state index is 0.0596. The van der Waals surface area contributed by atoms with Gasteiger partial charge in [0.2, 0.25) is 0 Å². The van der Waals surface area contributed by atoms with Crippen molar-refractivity contribution >= 4 is 21.8 Å². The van der Waals surface area contributed by atoms with Crippen LogP contribution in [0.2, 0.25) is 0 Å². The van der Waals surface area contributed by atoms with Crippen LogP contribution >= 0.6 is 15.9 Å². The number of aromatic nitrogens is 1. The summed E-state index contributed by atoms with van der Waals surface area (Å²) in [6, 6.07) is 5.61. The standard InChI is InChI=1S/C14H20BrN3O/c1-12-4-2-5-13(16-12)14(19)18-8-3-7-17(9-6-15)10-11-18/h2,4-5H,3,6-11H2,1H3. The third-order valence-electron chi connectivity index (χ3n) is 3.38. The number of carbonyl (C=O) groups excluding carboxylic acids is 1. The Morgan fingerprint density at radius 3 is 2.89 bits per heavy atom. The van der Waals surface area contributed by atoms with Gasteiger partial charge in [-0.2, -0.15) is 0 Å². The van der Waals surface area contributed by atoms with Crippen molar-refractivity contribution in [3.8, 4) is 0 Å². The molecule has 0 aromatic carbocycles. The molecule has 19 heavy (non-hydrogen) atoms. The monoisotopic (exact) mass is 325 g/mol. The zero-order valence-electron chi connectivity index (χ0n) is 11.3. The highest BCUT2D eigenvalue weighted by Crippen LogP contribution is 2.08. The highest BCUT2D eigenvalue weighted by atomic mass is 79.9. The van der Waals surface area contributed by atoms with Crippen LogP contribution in [0.3, 0.4) is 0 Å². The Morgan fingerprint density at radius 2 is 2.16 bits per heavy atom. The molecule has 0 bridgehead atoms. The Labute approximate surface area is 122 Å². The Morgan fingerprint density at radius 1 is 1.32 bits per heavy atom. The molecule has 4 nitrogen and oxygen atoms in total. The second kappa shape index (κ2) is 7.01. The molecule has 0 saturated carbocycles. The lowest BCUT2D eigenvalue weighted by molar-refractivity contribution is 0.0755. The lowest BCUT2D eigenvalue weighted by Crippen LogP contribution is -2.36. The average molecular weight is 326 g/mol. The van der Waals surface area contributed by atoms with Crippen molar-refractivity contribution < 1.29 is 4.79 Å². The van der Waals surface area contributed by atoms with Crippen LogP contribution in [0.4, 0.5) is 0 Å². The maximum Gasteiger partial charge on any atom is 0.272 e. The summed E-state index contributed by atoms with van der Waals surface area (Å²) in [6.07, 6.45) is 1.03. The first-order chi connectivity index (χ1) is 9.20. The number of hydrogen-bond acceptors (Lipinski definition) is 3. The fourth-order valence-corrected chi connectivity index (χ4v) is 2.84. The summed E-state index contributed by atoms with van der Waals surface area (Å²) in [4.78, 5) is 21.0. The Balaban J connectivity index is 2.00. The van der Waals surface area contributed by atoms with Crippen LogP contribution in [-0.4, -0.2) is 58.7 Å². The lowest BCUT2D eigenvalue weighted by atomic mass is 10.2. The molecular weight excluding hydrogens is 306 g/mol. The van der Waals surface area contributed by atoms with Gasteiger partial charge in [-0.3, -0.25) is 4.79 Å². The van der Waals surface area contributed by atoms with E-state index in [1.807, 2.05) is 24.0 Å². The van der Waals surface area contributed by atoms with Crippen molar-refractivity contribution in [1.29, 1.82) is 0 Å². The second-order valence-electron chi connectivity index (χ2n) is 4.84. The molecule has 1 aliphatic heterocycles. The molecule has 0 N–H and O–H groups in total. The summed E-state index contributed by atoms with van der Waals surface area (Å²) in [5.41, 5.74) is 1.45. The van der Waals surface area contributed by atoms with Gasteiger partial charge in [-0.25, -0.2) is 4.98 Å². The van der Waals surface area contributed by atoms with Gasteiger partial charge in [0.15, 0.2) is 0 Å². The predicted octanol–water partition coefficient (Wildman–Crippen LogP) is 1.93. The van der Waals surface area contributed by atoms with E-state index in [0.717, 1.165) is 50.2 Å². The molecule has 1 saturated heterocycles. The molecule has 1 aliphatic rings. The van der Waals surface area contributed by atoms with Crippen molar-refractivity contribution in [2.45, 2.75) is 13.3 Å². The second-order valence-corrected chi connectivity index (χ2v) is 5.63. The summed E-state index contributed by atoms with van der Waals surface area (Å²) < 4.78 is 0. The summed E-state index contributed by atoms with van der Waals surface area (Å²) in [7, 11) is 0. The zero-order valence-corrected chi connectivity index (χ0v) is 12.9. The van der Waals surface area contributed by atoms with Gasteiger partial charge in [0.25, 0.3) is 5.91 Å². The lowest BCUT2D eigenvalue weighted by Gasteiger charge is -2.21. The summed E-state index contributed by atoms with van der Waals surface area (Å²) in [5, 5.41) is 0.986. The molecule has 5 heteroatoms. The third kappa shape index (κ3) is 4.01. The number of halogens is 1. The first-order valence-corrected chi connectivity index (χ1v) is 7.84. The van der Waals surface area contributed by atoms with Gasteiger partial charge in [0, 0.05) is 37.2 Å². The van der Waals surface area contributed by atoms with Crippen LogP contribution in [0.1, 0.15) is 22.6 Å². The molecule has 0 spiro atoms. The third-order valence-corrected chi connectivity index (χ3v) is 3.74. The van der Waals surface area contributed by atoms with Crippen LogP contribution in [0.15, 0.2) is 18.2 Å². The number of hydrogen-bond donors (Lipinski definition) is 0. The molecule has 0 radical (unpaired) electrons. The minimum absolute atomic E-state index is 0.0596. The van der Waals surface area contributed by atoms with E-state index >= 15 is 0 Å². The van der Waals surface area contributed by atoms with E-state index in [9.17, 15) is 4.79 Å². The number of amides is 1.